The predicted octanol–water partition coefficient (Wildman–Crippen LogP) is 2.22. The van der Waals surface area contributed by atoms with E-state index in [1.54, 1.807) is 0 Å². The predicted molar refractivity (Wildman–Crippen MR) is 53.6 cm³/mol. The zero-order chi connectivity index (χ0) is 9.10. The van der Waals surface area contributed by atoms with Gasteiger partial charge in [-0.05, 0) is 32.1 Å². The van der Waals surface area contributed by atoms with Gasteiger partial charge in [0.1, 0.15) is 0 Å². The zero-order valence-corrected chi connectivity index (χ0v) is 8.37. The molecule has 0 aromatic rings. The maximum absolute atomic E-state index is 6.04. The number of hydrogen-bond donors (Lipinski definition) is 1. The first kappa shape index (κ1) is 9.47. The van der Waals surface area contributed by atoms with Crippen molar-refractivity contribution < 1.29 is 4.74 Å². The van der Waals surface area contributed by atoms with Gasteiger partial charge in [0.15, 0.2) is 0 Å². The molecule has 2 unspecified atom stereocenters. The quantitative estimate of drug-likeness (QED) is 0.712. The van der Waals surface area contributed by atoms with Crippen molar-refractivity contribution in [3.05, 3.63) is 0 Å². The SMILES string of the molecule is NC1CCC(OC2CCCCC2)C1. The normalized spacial score (nSPS) is 36.7. The highest BCUT2D eigenvalue weighted by Gasteiger charge is 2.25. The average Bonchev–Trinajstić information content (AvgIpc) is 2.53. The molecule has 0 bridgehead atoms. The second-order valence-electron chi connectivity index (χ2n) is 4.59. The first-order chi connectivity index (χ1) is 6.34. The van der Waals surface area contributed by atoms with Gasteiger partial charge in [-0.15, -0.1) is 0 Å². The Morgan fingerprint density at radius 1 is 0.846 bits per heavy atom. The highest BCUT2D eigenvalue weighted by molar-refractivity contribution is 4.80. The molecule has 2 nitrogen and oxygen atoms in total. The topological polar surface area (TPSA) is 35.2 Å². The van der Waals surface area contributed by atoms with Crippen LogP contribution < -0.4 is 5.73 Å². The molecule has 13 heavy (non-hydrogen) atoms. The molecule has 0 heterocycles. The molecule has 0 spiro atoms. The van der Waals surface area contributed by atoms with E-state index in [0.29, 0.717) is 18.2 Å². The summed E-state index contributed by atoms with van der Waals surface area (Å²) in [5, 5.41) is 0. The summed E-state index contributed by atoms with van der Waals surface area (Å²) in [5.41, 5.74) is 5.85. The summed E-state index contributed by atoms with van der Waals surface area (Å²) < 4.78 is 6.04. The van der Waals surface area contributed by atoms with Crippen molar-refractivity contribution in [2.45, 2.75) is 69.6 Å². The molecule has 2 saturated carbocycles. The lowest BCUT2D eigenvalue weighted by molar-refractivity contribution is -0.0263. The molecule has 2 aliphatic rings. The molecule has 0 radical (unpaired) electrons. The monoisotopic (exact) mass is 183 g/mol. The Kier molecular flexibility index (Phi) is 3.23. The van der Waals surface area contributed by atoms with Crippen LogP contribution in [0.4, 0.5) is 0 Å². The largest absolute Gasteiger partial charge is 0.375 e. The van der Waals surface area contributed by atoms with E-state index in [1.807, 2.05) is 0 Å². The average molecular weight is 183 g/mol. The lowest BCUT2D eigenvalue weighted by atomic mass is 9.97. The van der Waals surface area contributed by atoms with Gasteiger partial charge in [0.25, 0.3) is 0 Å². The summed E-state index contributed by atoms with van der Waals surface area (Å²) in [7, 11) is 0. The van der Waals surface area contributed by atoms with Crippen molar-refractivity contribution in [3.8, 4) is 0 Å². The standard InChI is InChI=1S/C11H21NO/c12-9-6-7-11(8-9)13-10-4-2-1-3-5-10/h9-11H,1-8,12H2. The van der Waals surface area contributed by atoms with Crippen LogP contribution in [0.5, 0.6) is 0 Å². The molecular formula is C11H21NO. The minimum atomic E-state index is 0.411. The maximum atomic E-state index is 6.04. The van der Waals surface area contributed by atoms with E-state index < -0.39 is 0 Å². The Morgan fingerprint density at radius 3 is 2.23 bits per heavy atom. The van der Waals surface area contributed by atoms with E-state index in [0.717, 1.165) is 12.8 Å². The van der Waals surface area contributed by atoms with Crippen LogP contribution in [0.3, 0.4) is 0 Å². The van der Waals surface area contributed by atoms with E-state index in [9.17, 15) is 0 Å². The fraction of sp³-hybridized carbons (Fsp3) is 1.00. The van der Waals surface area contributed by atoms with Crippen LogP contribution in [-0.4, -0.2) is 18.2 Å². The molecule has 0 aromatic carbocycles. The van der Waals surface area contributed by atoms with Gasteiger partial charge in [-0.1, -0.05) is 19.3 Å². The summed E-state index contributed by atoms with van der Waals surface area (Å²) in [4.78, 5) is 0. The van der Waals surface area contributed by atoms with Gasteiger partial charge in [-0.3, -0.25) is 0 Å². The van der Waals surface area contributed by atoms with Crippen LogP contribution in [0.15, 0.2) is 0 Å². The van der Waals surface area contributed by atoms with Crippen LogP contribution in [0.25, 0.3) is 0 Å². The zero-order valence-electron chi connectivity index (χ0n) is 8.37. The fourth-order valence-electron chi connectivity index (χ4n) is 2.57. The first-order valence-electron chi connectivity index (χ1n) is 5.75. The Bertz CT molecular complexity index is 151. The molecule has 0 aromatic heterocycles. The second-order valence-corrected chi connectivity index (χ2v) is 4.59. The first-order valence-corrected chi connectivity index (χ1v) is 5.75. The third-order valence-corrected chi connectivity index (χ3v) is 3.36. The van der Waals surface area contributed by atoms with Crippen LogP contribution in [-0.2, 0) is 4.74 Å². The van der Waals surface area contributed by atoms with Crippen molar-refractivity contribution >= 4 is 0 Å². The van der Waals surface area contributed by atoms with Crippen LogP contribution in [0.1, 0.15) is 51.4 Å². The van der Waals surface area contributed by atoms with Crippen LogP contribution in [0, 0.1) is 0 Å². The molecule has 2 aliphatic carbocycles. The molecule has 2 rings (SSSR count). The molecule has 2 N–H and O–H groups in total. The molecule has 0 aliphatic heterocycles. The Balaban J connectivity index is 1.71. The van der Waals surface area contributed by atoms with Crippen molar-refractivity contribution in [2.24, 2.45) is 5.73 Å². The minimum absolute atomic E-state index is 0.411. The van der Waals surface area contributed by atoms with Crippen molar-refractivity contribution in [3.63, 3.8) is 0 Å². The second kappa shape index (κ2) is 4.43. The summed E-state index contributed by atoms with van der Waals surface area (Å²) >= 11 is 0. The molecular weight excluding hydrogens is 162 g/mol. The molecule has 2 heteroatoms. The van der Waals surface area contributed by atoms with E-state index in [-0.39, 0.29) is 0 Å². The van der Waals surface area contributed by atoms with E-state index in [1.165, 1.54) is 38.5 Å². The highest BCUT2D eigenvalue weighted by atomic mass is 16.5. The van der Waals surface area contributed by atoms with Crippen LogP contribution in [0.2, 0.25) is 0 Å². The van der Waals surface area contributed by atoms with Gasteiger partial charge in [0, 0.05) is 6.04 Å². The highest BCUT2D eigenvalue weighted by Crippen LogP contribution is 2.27. The lowest BCUT2D eigenvalue weighted by Crippen LogP contribution is -2.24. The van der Waals surface area contributed by atoms with Gasteiger partial charge in [0.2, 0.25) is 0 Å². The number of hydrogen-bond acceptors (Lipinski definition) is 2. The fourth-order valence-corrected chi connectivity index (χ4v) is 2.57. The number of rotatable bonds is 2. The molecule has 76 valence electrons. The third kappa shape index (κ3) is 2.68. The molecule has 2 atom stereocenters. The van der Waals surface area contributed by atoms with E-state index in [2.05, 4.69) is 0 Å². The maximum Gasteiger partial charge on any atom is 0.0594 e. The van der Waals surface area contributed by atoms with Gasteiger partial charge >= 0.3 is 0 Å². The summed E-state index contributed by atoms with van der Waals surface area (Å²) in [6, 6.07) is 0.411. The van der Waals surface area contributed by atoms with Gasteiger partial charge in [-0.25, -0.2) is 0 Å². The van der Waals surface area contributed by atoms with Crippen molar-refractivity contribution in [2.75, 3.05) is 0 Å². The van der Waals surface area contributed by atoms with Crippen molar-refractivity contribution in [1.82, 2.24) is 0 Å². The Hall–Kier alpha value is -0.0800. The van der Waals surface area contributed by atoms with Gasteiger partial charge < -0.3 is 10.5 Å². The molecule has 0 saturated heterocycles. The number of nitrogens with two attached hydrogens (primary N) is 1. The smallest absolute Gasteiger partial charge is 0.0594 e. The van der Waals surface area contributed by atoms with E-state index in [4.69, 9.17) is 10.5 Å². The van der Waals surface area contributed by atoms with E-state index >= 15 is 0 Å². The van der Waals surface area contributed by atoms with Crippen molar-refractivity contribution in [1.29, 1.82) is 0 Å². The Labute approximate surface area is 80.8 Å². The Morgan fingerprint density at radius 2 is 1.62 bits per heavy atom. The molecule has 0 amide bonds. The lowest BCUT2D eigenvalue weighted by Gasteiger charge is -2.25. The van der Waals surface area contributed by atoms with Crippen LogP contribution >= 0.6 is 0 Å². The minimum Gasteiger partial charge on any atom is -0.375 e. The third-order valence-electron chi connectivity index (χ3n) is 3.36. The molecule has 2 fully saturated rings. The summed E-state index contributed by atoms with van der Waals surface area (Å²) in [6.45, 7) is 0. The summed E-state index contributed by atoms with van der Waals surface area (Å²) in [5.74, 6) is 0. The summed E-state index contributed by atoms with van der Waals surface area (Å²) in [6.07, 6.45) is 11.2. The number of ether oxygens (including phenoxy) is 1. The van der Waals surface area contributed by atoms with Gasteiger partial charge in [-0.2, -0.15) is 0 Å². The van der Waals surface area contributed by atoms with Gasteiger partial charge in [0.05, 0.1) is 12.2 Å².